The molecule has 0 aromatic heterocycles. The highest BCUT2D eigenvalue weighted by atomic mass is 16.5. The lowest BCUT2D eigenvalue weighted by Gasteiger charge is -2.37. The van der Waals surface area contributed by atoms with Gasteiger partial charge in [0.15, 0.2) is 0 Å². The Bertz CT molecular complexity index is 339. The minimum absolute atomic E-state index is 0.0337. The number of hydrogen-bond donors (Lipinski definition) is 1. The maximum atomic E-state index is 12.6. The summed E-state index contributed by atoms with van der Waals surface area (Å²) in [5, 5.41) is 2.85. The standard InChI is InChI=1S/C13H22N2O3/c1-3-13(2)12(17)15(7-6-11(16)14-13)10-5-4-8-18-9-10/h10H,3-9H2,1-2H3,(H,14,16). The van der Waals surface area contributed by atoms with Crippen molar-refractivity contribution < 1.29 is 14.3 Å². The van der Waals surface area contributed by atoms with Crippen LogP contribution < -0.4 is 5.32 Å². The van der Waals surface area contributed by atoms with Gasteiger partial charge >= 0.3 is 0 Å². The largest absolute Gasteiger partial charge is 0.379 e. The molecule has 2 fully saturated rings. The van der Waals surface area contributed by atoms with Crippen LogP contribution in [-0.4, -0.2) is 48.1 Å². The number of nitrogens with one attached hydrogen (secondary N) is 1. The highest BCUT2D eigenvalue weighted by molar-refractivity contribution is 5.93. The zero-order valence-corrected chi connectivity index (χ0v) is 11.2. The number of rotatable bonds is 2. The number of nitrogens with zero attached hydrogens (tertiary/aromatic N) is 1. The van der Waals surface area contributed by atoms with Crippen LogP contribution in [0.25, 0.3) is 0 Å². The van der Waals surface area contributed by atoms with E-state index in [4.69, 9.17) is 4.74 Å². The molecule has 0 saturated carbocycles. The van der Waals surface area contributed by atoms with Crippen LogP contribution in [0.5, 0.6) is 0 Å². The molecule has 0 bridgehead atoms. The minimum Gasteiger partial charge on any atom is -0.379 e. The van der Waals surface area contributed by atoms with Crippen molar-refractivity contribution in [2.45, 2.75) is 51.1 Å². The molecule has 18 heavy (non-hydrogen) atoms. The van der Waals surface area contributed by atoms with E-state index in [9.17, 15) is 9.59 Å². The van der Waals surface area contributed by atoms with Crippen molar-refractivity contribution in [3.63, 3.8) is 0 Å². The Kier molecular flexibility index (Phi) is 3.90. The fourth-order valence-corrected chi connectivity index (χ4v) is 2.62. The van der Waals surface area contributed by atoms with Crippen LogP contribution in [0.15, 0.2) is 0 Å². The molecule has 2 saturated heterocycles. The van der Waals surface area contributed by atoms with Crippen molar-refractivity contribution in [1.82, 2.24) is 10.2 Å². The highest BCUT2D eigenvalue weighted by Gasteiger charge is 2.41. The number of amides is 2. The van der Waals surface area contributed by atoms with Gasteiger partial charge in [-0.2, -0.15) is 0 Å². The Balaban J connectivity index is 2.18. The van der Waals surface area contributed by atoms with E-state index in [1.165, 1.54) is 0 Å². The van der Waals surface area contributed by atoms with E-state index in [2.05, 4.69) is 5.32 Å². The average Bonchev–Trinajstić information content (AvgIpc) is 2.50. The predicted molar refractivity (Wildman–Crippen MR) is 67.0 cm³/mol. The summed E-state index contributed by atoms with van der Waals surface area (Å²) >= 11 is 0. The van der Waals surface area contributed by atoms with Crippen molar-refractivity contribution in [2.24, 2.45) is 0 Å². The molecule has 0 aromatic rings. The predicted octanol–water partition coefficient (Wildman–Crippen LogP) is 0.683. The zero-order valence-electron chi connectivity index (χ0n) is 11.2. The van der Waals surface area contributed by atoms with Crippen molar-refractivity contribution >= 4 is 11.8 Å². The van der Waals surface area contributed by atoms with Gasteiger partial charge in [0.1, 0.15) is 5.54 Å². The Morgan fingerprint density at radius 2 is 2.28 bits per heavy atom. The third-order valence-electron chi connectivity index (χ3n) is 4.01. The number of ether oxygens (including phenoxy) is 1. The van der Waals surface area contributed by atoms with E-state index >= 15 is 0 Å². The van der Waals surface area contributed by atoms with Gasteiger partial charge in [-0.05, 0) is 26.2 Å². The van der Waals surface area contributed by atoms with E-state index in [-0.39, 0.29) is 17.9 Å². The second-order valence-corrected chi connectivity index (χ2v) is 5.35. The summed E-state index contributed by atoms with van der Waals surface area (Å²) < 4.78 is 5.45. The molecular weight excluding hydrogens is 232 g/mol. The van der Waals surface area contributed by atoms with E-state index in [0.29, 0.717) is 26.0 Å². The van der Waals surface area contributed by atoms with Gasteiger partial charge in [-0.3, -0.25) is 9.59 Å². The van der Waals surface area contributed by atoms with E-state index in [1.54, 1.807) is 0 Å². The second-order valence-electron chi connectivity index (χ2n) is 5.35. The highest BCUT2D eigenvalue weighted by Crippen LogP contribution is 2.22. The first kappa shape index (κ1) is 13.3. The lowest BCUT2D eigenvalue weighted by molar-refractivity contribution is -0.142. The van der Waals surface area contributed by atoms with Gasteiger partial charge in [0.2, 0.25) is 11.8 Å². The molecule has 5 nitrogen and oxygen atoms in total. The molecule has 0 aliphatic carbocycles. The van der Waals surface area contributed by atoms with Crippen LogP contribution in [-0.2, 0) is 14.3 Å². The molecule has 5 heteroatoms. The molecule has 0 aromatic carbocycles. The molecular formula is C13H22N2O3. The monoisotopic (exact) mass is 254 g/mol. The Morgan fingerprint density at radius 1 is 1.50 bits per heavy atom. The average molecular weight is 254 g/mol. The summed E-state index contributed by atoms with van der Waals surface area (Å²) in [5.41, 5.74) is -0.759. The normalized spacial score (nSPS) is 34.1. The number of carbonyl (C=O) groups excluding carboxylic acids is 2. The molecule has 2 heterocycles. The molecule has 2 aliphatic heterocycles. The Labute approximate surface area is 108 Å². The van der Waals surface area contributed by atoms with Gasteiger partial charge in [0.25, 0.3) is 0 Å². The van der Waals surface area contributed by atoms with Crippen molar-refractivity contribution in [3.05, 3.63) is 0 Å². The Hall–Kier alpha value is -1.10. The SMILES string of the molecule is CCC1(C)NC(=O)CCN(C2CCCOC2)C1=O. The summed E-state index contributed by atoms with van der Waals surface area (Å²) in [6, 6.07) is 0.129. The number of hydrogen-bond acceptors (Lipinski definition) is 3. The minimum atomic E-state index is -0.759. The molecule has 0 radical (unpaired) electrons. The van der Waals surface area contributed by atoms with Crippen molar-refractivity contribution in [3.8, 4) is 0 Å². The fourth-order valence-electron chi connectivity index (χ4n) is 2.62. The summed E-state index contributed by atoms with van der Waals surface area (Å²) in [5.74, 6) is -0.00159. The molecule has 2 rings (SSSR count). The van der Waals surface area contributed by atoms with Crippen LogP contribution in [0.2, 0.25) is 0 Å². The smallest absolute Gasteiger partial charge is 0.248 e. The third-order valence-corrected chi connectivity index (χ3v) is 4.01. The molecule has 2 atom stereocenters. The molecule has 1 N–H and O–H groups in total. The zero-order chi connectivity index (χ0) is 13.2. The van der Waals surface area contributed by atoms with Gasteiger partial charge in [0.05, 0.1) is 12.6 Å². The third kappa shape index (κ3) is 2.51. The molecule has 0 spiro atoms. The maximum Gasteiger partial charge on any atom is 0.248 e. The maximum absolute atomic E-state index is 12.6. The fraction of sp³-hybridized carbons (Fsp3) is 0.846. The lowest BCUT2D eigenvalue weighted by atomic mass is 9.96. The molecule has 2 aliphatic rings. The molecule has 2 amide bonds. The summed E-state index contributed by atoms with van der Waals surface area (Å²) in [7, 11) is 0. The Morgan fingerprint density at radius 3 is 2.89 bits per heavy atom. The molecule has 2 unspecified atom stereocenters. The van der Waals surface area contributed by atoms with Gasteiger partial charge in [-0.25, -0.2) is 0 Å². The van der Waals surface area contributed by atoms with Crippen LogP contribution in [0, 0.1) is 0 Å². The summed E-state index contributed by atoms with van der Waals surface area (Å²) in [6.07, 6.45) is 2.96. The molecule has 102 valence electrons. The van der Waals surface area contributed by atoms with E-state index in [1.807, 2.05) is 18.7 Å². The lowest BCUT2D eigenvalue weighted by Crippen LogP contribution is -2.57. The van der Waals surface area contributed by atoms with Crippen molar-refractivity contribution in [1.29, 1.82) is 0 Å². The van der Waals surface area contributed by atoms with Crippen LogP contribution >= 0.6 is 0 Å². The summed E-state index contributed by atoms with van der Waals surface area (Å²) in [4.78, 5) is 26.2. The van der Waals surface area contributed by atoms with Crippen LogP contribution in [0.3, 0.4) is 0 Å². The van der Waals surface area contributed by atoms with E-state index in [0.717, 1.165) is 19.4 Å². The first-order valence-corrected chi connectivity index (χ1v) is 6.76. The van der Waals surface area contributed by atoms with Gasteiger partial charge < -0.3 is 15.0 Å². The quantitative estimate of drug-likeness (QED) is 0.788. The second kappa shape index (κ2) is 5.26. The van der Waals surface area contributed by atoms with Gasteiger partial charge in [0, 0.05) is 19.6 Å². The van der Waals surface area contributed by atoms with Gasteiger partial charge in [-0.1, -0.05) is 6.92 Å². The summed E-state index contributed by atoms with van der Waals surface area (Å²) in [6.45, 7) is 5.63. The van der Waals surface area contributed by atoms with Gasteiger partial charge in [-0.15, -0.1) is 0 Å². The van der Waals surface area contributed by atoms with Crippen LogP contribution in [0.1, 0.15) is 39.5 Å². The number of carbonyl (C=O) groups is 2. The van der Waals surface area contributed by atoms with Crippen LogP contribution in [0.4, 0.5) is 0 Å². The topological polar surface area (TPSA) is 58.6 Å². The first-order valence-electron chi connectivity index (χ1n) is 6.76. The van der Waals surface area contributed by atoms with Crippen molar-refractivity contribution in [2.75, 3.05) is 19.8 Å². The first-order chi connectivity index (χ1) is 8.57. The van der Waals surface area contributed by atoms with E-state index < -0.39 is 5.54 Å².